The van der Waals surface area contributed by atoms with E-state index in [4.69, 9.17) is 4.74 Å². The Balaban J connectivity index is 1.69. The maximum Gasteiger partial charge on any atom is 0.302 e. The first-order valence-corrected chi connectivity index (χ1v) is 11.6. The van der Waals surface area contributed by atoms with E-state index in [0.717, 1.165) is 5.69 Å². The van der Waals surface area contributed by atoms with Crippen LogP contribution in [-0.4, -0.2) is 52.9 Å². The minimum atomic E-state index is -1.01. The molecule has 4 aromatic rings. The van der Waals surface area contributed by atoms with Crippen molar-refractivity contribution >= 4 is 45.8 Å². The Morgan fingerprint density at radius 2 is 1.76 bits per heavy atom. The molecule has 3 aromatic carbocycles. The number of Topliss-reactive ketones (excluding diaryl/α,β-unsaturated/α-hetero) is 1. The predicted molar refractivity (Wildman–Crippen MR) is 141 cm³/mol. The number of imidazole rings is 1. The van der Waals surface area contributed by atoms with Crippen LogP contribution in [0.25, 0.3) is 16.8 Å². The van der Waals surface area contributed by atoms with Crippen LogP contribution in [0.2, 0.25) is 0 Å². The molecule has 0 saturated carbocycles. The average Bonchev–Trinajstić information content (AvgIpc) is 3.45. The van der Waals surface area contributed by atoms with Gasteiger partial charge in [0.1, 0.15) is 11.5 Å². The first kappa shape index (κ1) is 24.5. The average molecular weight is 514 g/mol. The van der Waals surface area contributed by atoms with Gasteiger partial charge < -0.3 is 19.7 Å². The number of non-ortho nitro benzene ring substituents is 1. The van der Waals surface area contributed by atoms with Gasteiger partial charge in [0.2, 0.25) is 5.95 Å². The molecule has 1 fully saturated rings. The van der Waals surface area contributed by atoms with Gasteiger partial charge in [0.15, 0.2) is 0 Å². The molecule has 0 bridgehead atoms. The van der Waals surface area contributed by atoms with Crippen LogP contribution in [0.1, 0.15) is 17.2 Å². The fourth-order valence-electron chi connectivity index (χ4n) is 4.43. The molecule has 1 aliphatic rings. The predicted octanol–water partition coefficient (Wildman–Crippen LogP) is 4.17. The lowest BCUT2D eigenvalue weighted by Gasteiger charge is -2.23. The normalized spacial score (nSPS) is 16.7. The zero-order chi connectivity index (χ0) is 27.1. The van der Waals surface area contributed by atoms with Gasteiger partial charge in [0, 0.05) is 43.5 Å². The summed E-state index contributed by atoms with van der Waals surface area (Å²) in [4.78, 5) is 48.0. The van der Waals surface area contributed by atoms with Crippen LogP contribution in [0.15, 0.2) is 72.3 Å². The van der Waals surface area contributed by atoms with Gasteiger partial charge in [0.25, 0.3) is 11.5 Å². The maximum atomic E-state index is 13.4. The number of nitro benzene ring substituents is 1. The number of aliphatic hydroxyl groups is 1. The lowest BCUT2D eigenvalue weighted by molar-refractivity contribution is -0.384. The second-order valence-electron chi connectivity index (χ2n) is 8.90. The van der Waals surface area contributed by atoms with Crippen molar-refractivity contribution in [2.45, 2.75) is 6.04 Å². The molecule has 38 heavy (non-hydrogen) atoms. The summed E-state index contributed by atoms with van der Waals surface area (Å²) < 4.78 is 5.27. The first-order valence-electron chi connectivity index (χ1n) is 11.6. The minimum absolute atomic E-state index is 0.125. The molecule has 0 spiro atoms. The van der Waals surface area contributed by atoms with Gasteiger partial charge in [-0.15, -0.1) is 0 Å². The van der Waals surface area contributed by atoms with E-state index in [1.165, 1.54) is 36.3 Å². The van der Waals surface area contributed by atoms with Crippen molar-refractivity contribution in [3.8, 4) is 5.75 Å². The monoisotopic (exact) mass is 513 g/mol. The van der Waals surface area contributed by atoms with Gasteiger partial charge in [-0.05, 0) is 42.0 Å². The number of aliphatic hydroxyl groups excluding tert-OH is 1. The van der Waals surface area contributed by atoms with Gasteiger partial charge in [-0.25, -0.2) is 4.98 Å². The van der Waals surface area contributed by atoms with E-state index in [-0.39, 0.29) is 22.8 Å². The third-order valence-electron chi connectivity index (χ3n) is 6.43. The van der Waals surface area contributed by atoms with Crippen molar-refractivity contribution in [2.24, 2.45) is 0 Å². The van der Waals surface area contributed by atoms with E-state index in [9.17, 15) is 24.8 Å². The lowest BCUT2D eigenvalue weighted by atomic mass is 9.95. The number of ketones is 1. The third kappa shape index (κ3) is 4.09. The molecular weight excluding hydrogens is 490 g/mol. The lowest BCUT2D eigenvalue weighted by Crippen LogP contribution is -2.30. The van der Waals surface area contributed by atoms with Crippen LogP contribution in [-0.2, 0) is 9.59 Å². The zero-order valence-corrected chi connectivity index (χ0v) is 20.7. The maximum absolute atomic E-state index is 13.4. The highest BCUT2D eigenvalue weighted by Gasteiger charge is 2.48. The summed E-state index contributed by atoms with van der Waals surface area (Å²) in [6.45, 7) is 0. The van der Waals surface area contributed by atoms with Crippen LogP contribution >= 0.6 is 0 Å². The highest BCUT2D eigenvalue weighted by Crippen LogP contribution is 2.42. The van der Waals surface area contributed by atoms with Gasteiger partial charge in [-0.3, -0.25) is 24.6 Å². The molecule has 1 aromatic heterocycles. The number of anilines is 2. The van der Waals surface area contributed by atoms with Crippen LogP contribution in [0.3, 0.4) is 0 Å². The van der Waals surface area contributed by atoms with Crippen LogP contribution in [0, 0.1) is 10.1 Å². The number of aromatic amines is 1. The van der Waals surface area contributed by atoms with Crippen LogP contribution < -0.4 is 14.5 Å². The molecule has 5 rings (SSSR count). The molecule has 1 unspecified atom stereocenters. The smallest absolute Gasteiger partial charge is 0.302 e. The number of nitrogens with one attached hydrogen (secondary N) is 1. The Morgan fingerprint density at radius 1 is 1.08 bits per heavy atom. The number of carbonyl (C=O) groups is 2. The molecule has 0 radical (unpaired) electrons. The molecule has 2 heterocycles. The number of rotatable bonds is 6. The second kappa shape index (κ2) is 9.36. The highest BCUT2D eigenvalue weighted by molar-refractivity contribution is 6.51. The first-order chi connectivity index (χ1) is 18.2. The standard InChI is InChI=1S/C27H23N5O6/c1-30(2)17-8-4-15(5-9-17)23-22(24(33)16-6-10-18(11-7-16)32(36)37)25(34)26(35)31(23)27-28-20-13-12-19(38-3)14-21(20)29-27/h4-14,23,33H,1-3H3,(H,28,29)/b24-22+. The Hall–Kier alpha value is -5.19. The number of hydrogen-bond acceptors (Lipinski definition) is 8. The van der Waals surface area contributed by atoms with Crippen molar-refractivity contribution in [2.75, 3.05) is 31.0 Å². The molecule has 1 amide bonds. The van der Waals surface area contributed by atoms with E-state index in [1.54, 1.807) is 30.3 Å². The van der Waals surface area contributed by atoms with Gasteiger partial charge >= 0.3 is 5.91 Å². The second-order valence-corrected chi connectivity index (χ2v) is 8.90. The quantitative estimate of drug-likeness (QED) is 0.129. The molecule has 11 nitrogen and oxygen atoms in total. The molecule has 1 atom stereocenters. The van der Waals surface area contributed by atoms with Gasteiger partial charge in [0.05, 0.1) is 34.7 Å². The molecule has 1 aliphatic heterocycles. The van der Waals surface area contributed by atoms with E-state index in [1.807, 2.05) is 31.1 Å². The molecule has 192 valence electrons. The number of ether oxygens (including phenoxy) is 1. The number of methoxy groups -OCH3 is 1. The van der Waals surface area contributed by atoms with E-state index in [0.29, 0.717) is 22.3 Å². The number of carbonyl (C=O) groups excluding carboxylic acids is 2. The number of hydrogen-bond donors (Lipinski definition) is 2. The summed E-state index contributed by atoms with van der Waals surface area (Å²) in [7, 11) is 5.31. The SMILES string of the molecule is COc1ccc2nc(N3C(=O)C(=O)/C(=C(/O)c4ccc([N+](=O)[O-])cc4)C3c3ccc(N(C)C)cc3)[nH]c2c1. The van der Waals surface area contributed by atoms with Crippen LogP contribution in [0.4, 0.5) is 17.3 Å². The van der Waals surface area contributed by atoms with Crippen molar-refractivity contribution in [1.82, 2.24) is 9.97 Å². The fourth-order valence-corrected chi connectivity index (χ4v) is 4.43. The van der Waals surface area contributed by atoms with E-state index >= 15 is 0 Å². The van der Waals surface area contributed by atoms with Crippen molar-refractivity contribution in [3.05, 3.63) is 93.5 Å². The molecule has 1 saturated heterocycles. The Labute approximate surface area is 216 Å². The number of aromatic nitrogens is 2. The summed E-state index contributed by atoms with van der Waals surface area (Å²) in [5.74, 6) is -1.51. The number of nitro groups is 1. The van der Waals surface area contributed by atoms with Crippen molar-refractivity contribution < 1.29 is 24.4 Å². The minimum Gasteiger partial charge on any atom is -0.507 e. The number of H-pyrrole nitrogens is 1. The van der Waals surface area contributed by atoms with E-state index < -0.39 is 28.4 Å². The summed E-state index contributed by atoms with van der Waals surface area (Å²) in [5.41, 5.74) is 2.46. The van der Waals surface area contributed by atoms with Crippen molar-refractivity contribution in [1.29, 1.82) is 0 Å². The highest BCUT2D eigenvalue weighted by atomic mass is 16.6. The number of nitrogens with zero attached hydrogens (tertiary/aromatic N) is 4. The van der Waals surface area contributed by atoms with Gasteiger partial charge in [-0.1, -0.05) is 12.1 Å². The number of fused-ring (bicyclic) bond motifs is 1. The summed E-state index contributed by atoms with van der Waals surface area (Å²) >= 11 is 0. The summed E-state index contributed by atoms with van der Waals surface area (Å²) in [6, 6.07) is 16.5. The summed E-state index contributed by atoms with van der Waals surface area (Å²) in [5, 5.41) is 22.3. The topological polar surface area (TPSA) is 142 Å². The third-order valence-corrected chi connectivity index (χ3v) is 6.43. The fraction of sp³-hybridized carbons (Fsp3) is 0.148. The summed E-state index contributed by atoms with van der Waals surface area (Å²) in [6.07, 6.45) is 0. The van der Waals surface area contributed by atoms with Crippen LogP contribution in [0.5, 0.6) is 5.75 Å². The van der Waals surface area contributed by atoms with Crippen molar-refractivity contribution in [3.63, 3.8) is 0 Å². The molecule has 2 N–H and O–H groups in total. The molecule has 11 heteroatoms. The Kier molecular flexibility index (Phi) is 6.03. The number of benzene rings is 3. The number of amides is 1. The zero-order valence-electron chi connectivity index (χ0n) is 20.7. The molecule has 0 aliphatic carbocycles. The van der Waals surface area contributed by atoms with E-state index in [2.05, 4.69) is 9.97 Å². The Bertz CT molecular complexity index is 1610. The Morgan fingerprint density at radius 3 is 2.37 bits per heavy atom. The largest absolute Gasteiger partial charge is 0.507 e. The van der Waals surface area contributed by atoms with Gasteiger partial charge in [-0.2, -0.15) is 0 Å². The molecular formula is C27H23N5O6.